The quantitative estimate of drug-likeness (QED) is 0.701. The van der Waals surface area contributed by atoms with Crippen molar-refractivity contribution in [1.29, 1.82) is 0 Å². The van der Waals surface area contributed by atoms with E-state index < -0.39 is 0 Å². The lowest BCUT2D eigenvalue weighted by Gasteiger charge is -2.24. The van der Waals surface area contributed by atoms with Crippen molar-refractivity contribution >= 4 is 6.03 Å². The zero-order valence-electron chi connectivity index (χ0n) is 9.95. The van der Waals surface area contributed by atoms with Gasteiger partial charge >= 0.3 is 6.03 Å². The second kappa shape index (κ2) is 7.46. The average molecular weight is 230 g/mol. The molecule has 0 heterocycles. The monoisotopic (exact) mass is 230 g/mol. The maximum atomic E-state index is 11.8. The second-order valence-electron chi connectivity index (χ2n) is 4.13. The summed E-state index contributed by atoms with van der Waals surface area (Å²) in [7, 11) is 1.60. The largest absolute Gasteiger partial charge is 0.395 e. The van der Waals surface area contributed by atoms with Crippen LogP contribution in [0.5, 0.6) is 0 Å². The normalized spacial score (nSPS) is 16.4. The molecule has 2 amide bonds. The Morgan fingerprint density at radius 3 is 2.69 bits per heavy atom. The van der Waals surface area contributed by atoms with E-state index in [9.17, 15) is 4.79 Å². The smallest absolute Gasteiger partial charge is 0.317 e. The number of rotatable bonds is 6. The molecule has 1 fully saturated rings. The van der Waals surface area contributed by atoms with Crippen LogP contribution in [0.3, 0.4) is 0 Å². The minimum absolute atomic E-state index is 0.0121. The van der Waals surface area contributed by atoms with Gasteiger partial charge in [-0.1, -0.05) is 12.8 Å². The van der Waals surface area contributed by atoms with Crippen molar-refractivity contribution in [3.63, 3.8) is 0 Å². The van der Waals surface area contributed by atoms with Crippen molar-refractivity contribution in [2.45, 2.75) is 31.7 Å². The van der Waals surface area contributed by atoms with Crippen molar-refractivity contribution in [2.24, 2.45) is 0 Å². The Bertz CT molecular complexity index is 205. The van der Waals surface area contributed by atoms with E-state index in [4.69, 9.17) is 9.84 Å². The molecule has 2 N–H and O–H groups in total. The Labute approximate surface area is 96.8 Å². The molecule has 5 nitrogen and oxygen atoms in total. The van der Waals surface area contributed by atoms with Crippen LogP contribution in [0.1, 0.15) is 25.7 Å². The summed E-state index contributed by atoms with van der Waals surface area (Å²) in [6.45, 7) is 1.37. The average Bonchev–Trinajstić information content (AvgIpc) is 2.76. The predicted molar refractivity (Wildman–Crippen MR) is 61.3 cm³/mol. The minimum atomic E-state index is -0.0852. The van der Waals surface area contributed by atoms with E-state index in [1.165, 1.54) is 12.8 Å². The van der Waals surface area contributed by atoms with Crippen LogP contribution in [-0.2, 0) is 4.74 Å². The van der Waals surface area contributed by atoms with Crippen molar-refractivity contribution < 1.29 is 14.6 Å². The van der Waals surface area contributed by atoms with Crippen LogP contribution in [0.2, 0.25) is 0 Å². The number of ether oxygens (including phenoxy) is 1. The van der Waals surface area contributed by atoms with Crippen LogP contribution in [0.25, 0.3) is 0 Å². The fourth-order valence-electron chi connectivity index (χ4n) is 1.97. The first-order chi connectivity index (χ1) is 7.77. The van der Waals surface area contributed by atoms with Gasteiger partial charge in [0.15, 0.2) is 0 Å². The molecule has 94 valence electrons. The number of aliphatic hydroxyl groups excluding tert-OH is 1. The first-order valence-corrected chi connectivity index (χ1v) is 5.93. The Hall–Kier alpha value is -0.810. The highest BCUT2D eigenvalue weighted by Crippen LogP contribution is 2.17. The summed E-state index contributed by atoms with van der Waals surface area (Å²) in [5, 5.41) is 11.9. The Kier molecular flexibility index (Phi) is 6.18. The van der Waals surface area contributed by atoms with E-state index >= 15 is 0 Å². The molecular formula is C11H22N2O3. The molecule has 16 heavy (non-hydrogen) atoms. The number of nitrogens with one attached hydrogen (secondary N) is 1. The van der Waals surface area contributed by atoms with E-state index in [0.29, 0.717) is 25.7 Å². The van der Waals surface area contributed by atoms with Gasteiger partial charge in [-0.2, -0.15) is 0 Å². The molecular weight excluding hydrogens is 208 g/mol. The molecule has 0 aromatic rings. The summed E-state index contributed by atoms with van der Waals surface area (Å²) in [6.07, 6.45) is 4.54. The summed E-state index contributed by atoms with van der Waals surface area (Å²) in [5.41, 5.74) is 0. The topological polar surface area (TPSA) is 61.8 Å². The highest BCUT2D eigenvalue weighted by atomic mass is 16.5. The van der Waals surface area contributed by atoms with Gasteiger partial charge in [-0.15, -0.1) is 0 Å². The SMILES string of the molecule is COCCN(CCO)C(=O)NC1CCCC1. The lowest BCUT2D eigenvalue weighted by atomic mass is 10.2. The van der Waals surface area contributed by atoms with Gasteiger partial charge in [0.1, 0.15) is 0 Å². The number of carbonyl (C=O) groups is 1. The van der Waals surface area contributed by atoms with E-state index in [0.717, 1.165) is 12.8 Å². The van der Waals surface area contributed by atoms with Gasteiger partial charge in [0.05, 0.1) is 13.2 Å². The molecule has 0 unspecified atom stereocenters. The lowest BCUT2D eigenvalue weighted by Crippen LogP contribution is -2.46. The van der Waals surface area contributed by atoms with Gasteiger partial charge in [-0.25, -0.2) is 4.79 Å². The van der Waals surface area contributed by atoms with Crippen LogP contribution in [0.4, 0.5) is 4.79 Å². The molecule has 0 spiro atoms. The fraction of sp³-hybridized carbons (Fsp3) is 0.909. The molecule has 0 aliphatic heterocycles. The van der Waals surface area contributed by atoms with Gasteiger partial charge in [0.2, 0.25) is 0 Å². The summed E-state index contributed by atoms with van der Waals surface area (Å²) < 4.78 is 4.94. The fourth-order valence-corrected chi connectivity index (χ4v) is 1.97. The van der Waals surface area contributed by atoms with E-state index in [2.05, 4.69) is 5.32 Å². The van der Waals surface area contributed by atoms with Crippen LogP contribution in [0.15, 0.2) is 0 Å². The molecule has 1 aliphatic rings. The highest BCUT2D eigenvalue weighted by Gasteiger charge is 2.20. The number of amides is 2. The van der Waals surface area contributed by atoms with Crippen LogP contribution in [0, 0.1) is 0 Å². The summed E-state index contributed by atoms with van der Waals surface area (Å²) in [6, 6.07) is 0.231. The Balaban J connectivity index is 2.32. The number of nitrogens with zero attached hydrogens (tertiary/aromatic N) is 1. The zero-order chi connectivity index (χ0) is 11.8. The first kappa shape index (κ1) is 13.3. The molecule has 0 atom stereocenters. The molecule has 0 aromatic heterocycles. The third-order valence-corrected chi connectivity index (χ3v) is 2.91. The third kappa shape index (κ3) is 4.37. The Morgan fingerprint density at radius 2 is 2.12 bits per heavy atom. The van der Waals surface area contributed by atoms with Crippen LogP contribution < -0.4 is 5.32 Å². The molecule has 0 radical (unpaired) electrons. The van der Waals surface area contributed by atoms with Crippen molar-refractivity contribution in [1.82, 2.24) is 10.2 Å². The Morgan fingerprint density at radius 1 is 1.44 bits per heavy atom. The summed E-state index contributed by atoms with van der Waals surface area (Å²) >= 11 is 0. The van der Waals surface area contributed by atoms with Gasteiger partial charge < -0.3 is 20.1 Å². The zero-order valence-corrected chi connectivity index (χ0v) is 9.95. The number of aliphatic hydroxyl groups is 1. The third-order valence-electron chi connectivity index (χ3n) is 2.91. The first-order valence-electron chi connectivity index (χ1n) is 5.93. The van der Waals surface area contributed by atoms with Gasteiger partial charge in [0.25, 0.3) is 0 Å². The maximum Gasteiger partial charge on any atom is 0.317 e. The molecule has 1 saturated carbocycles. The van der Waals surface area contributed by atoms with Crippen molar-refractivity contribution in [3.8, 4) is 0 Å². The highest BCUT2D eigenvalue weighted by molar-refractivity contribution is 5.74. The number of urea groups is 1. The van der Waals surface area contributed by atoms with Gasteiger partial charge in [0, 0.05) is 26.2 Å². The molecule has 1 aliphatic carbocycles. The van der Waals surface area contributed by atoms with Gasteiger partial charge in [-0.05, 0) is 12.8 Å². The van der Waals surface area contributed by atoms with Crippen molar-refractivity contribution in [3.05, 3.63) is 0 Å². The standard InChI is InChI=1S/C11H22N2O3/c1-16-9-7-13(6-8-14)11(15)12-10-4-2-3-5-10/h10,14H,2-9H2,1H3,(H,12,15). The summed E-state index contributed by atoms with van der Waals surface area (Å²) in [4.78, 5) is 13.4. The van der Waals surface area contributed by atoms with Gasteiger partial charge in [-0.3, -0.25) is 0 Å². The number of hydrogen-bond donors (Lipinski definition) is 2. The van der Waals surface area contributed by atoms with E-state index in [-0.39, 0.29) is 12.6 Å². The maximum absolute atomic E-state index is 11.8. The molecule has 0 saturated heterocycles. The molecule has 0 bridgehead atoms. The number of hydrogen-bond acceptors (Lipinski definition) is 3. The second-order valence-corrected chi connectivity index (χ2v) is 4.13. The van der Waals surface area contributed by atoms with Crippen LogP contribution >= 0.6 is 0 Å². The molecule has 5 heteroatoms. The molecule has 0 aromatic carbocycles. The van der Waals surface area contributed by atoms with Crippen molar-refractivity contribution in [2.75, 3.05) is 33.4 Å². The number of carbonyl (C=O) groups excluding carboxylic acids is 1. The molecule has 1 rings (SSSR count). The van der Waals surface area contributed by atoms with E-state index in [1.54, 1.807) is 12.0 Å². The lowest BCUT2D eigenvalue weighted by molar-refractivity contribution is 0.135. The van der Waals surface area contributed by atoms with E-state index in [1.807, 2.05) is 0 Å². The number of methoxy groups -OCH3 is 1. The predicted octanol–water partition coefficient (Wildman–Crippen LogP) is 0.579. The minimum Gasteiger partial charge on any atom is -0.395 e. The van der Waals surface area contributed by atoms with Crippen LogP contribution in [-0.4, -0.2) is 55.5 Å². The summed E-state index contributed by atoms with van der Waals surface area (Å²) in [5.74, 6) is 0.